The molecule has 8 aromatic rings. The van der Waals surface area contributed by atoms with Crippen LogP contribution in [0.5, 0.6) is 11.5 Å². The van der Waals surface area contributed by atoms with Gasteiger partial charge in [0, 0.05) is 33.2 Å². The zero-order valence-electron chi connectivity index (χ0n) is 28.8. The highest BCUT2D eigenvalue weighted by molar-refractivity contribution is 6.05. The van der Waals surface area contributed by atoms with Gasteiger partial charge in [0.2, 0.25) is 0 Å². The summed E-state index contributed by atoms with van der Waals surface area (Å²) in [5, 5.41) is 11.9. The van der Waals surface area contributed by atoms with Gasteiger partial charge in [-0.05, 0) is 69.4 Å². The summed E-state index contributed by atoms with van der Waals surface area (Å²) in [7, 11) is 0. The molecule has 2 heterocycles. The van der Waals surface area contributed by atoms with Gasteiger partial charge in [0.05, 0.1) is 23.0 Å². The zero-order chi connectivity index (χ0) is 35.2. The number of ether oxygens (including phenoxy) is 1. The fourth-order valence-electron chi connectivity index (χ4n) is 7.51. The summed E-state index contributed by atoms with van der Waals surface area (Å²) >= 11 is 0. The van der Waals surface area contributed by atoms with E-state index in [9.17, 15) is 5.26 Å². The molecule has 4 heteroatoms. The molecule has 0 aliphatic carbocycles. The summed E-state index contributed by atoms with van der Waals surface area (Å²) < 4.78 is 6.39. The van der Waals surface area contributed by atoms with E-state index >= 15 is 0 Å². The van der Waals surface area contributed by atoms with Gasteiger partial charge in [0.25, 0.3) is 0 Å². The van der Waals surface area contributed by atoms with E-state index in [0.29, 0.717) is 11.4 Å². The van der Waals surface area contributed by atoms with Gasteiger partial charge >= 0.3 is 0 Å². The summed E-state index contributed by atoms with van der Waals surface area (Å²) in [5.41, 5.74) is 11.5. The molecule has 0 saturated carbocycles. The van der Waals surface area contributed by atoms with Gasteiger partial charge in [-0.15, -0.1) is 0 Å². The second-order valence-corrected chi connectivity index (χ2v) is 13.7. The molecular formula is C48H33N3O. The monoisotopic (exact) mass is 667 g/mol. The van der Waals surface area contributed by atoms with Crippen molar-refractivity contribution >= 4 is 10.8 Å². The smallest absolute Gasteiger partial charge is 0.160 e. The normalized spacial score (nSPS) is 12.7. The van der Waals surface area contributed by atoms with Crippen LogP contribution in [0.15, 0.2) is 164 Å². The number of hydrogen-bond acceptors (Lipinski definition) is 4. The van der Waals surface area contributed by atoms with Crippen molar-refractivity contribution < 1.29 is 4.74 Å². The summed E-state index contributed by atoms with van der Waals surface area (Å²) in [6, 6.07) is 58.6. The quantitative estimate of drug-likeness (QED) is 0.183. The first kappa shape index (κ1) is 31.2. The van der Waals surface area contributed by atoms with E-state index < -0.39 is 0 Å². The van der Waals surface area contributed by atoms with Gasteiger partial charge in [0.15, 0.2) is 5.82 Å². The predicted molar refractivity (Wildman–Crippen MR) is 210 cm³/mol. The Morgan fingerprint density at radius 2 is 1.04 bits per heavy atom. The maximum Gasteiger partial charge on any atom is 0.160 e. The Morgan fingerprint density at radius 3 is 1.75 bits per heavy atom. The number of fused-ring (bicyclic) bond motifs is 3. The molecule has 0 unspecified atom stereocenters. The lowest BCUT2D eigenvalue weighted by Crippen LogP contribution is -2.24. The Morgan fingerprint density at radius 1 is 0.481 bits per heavy atom. The van der Waals surface area contributed by atoms with Crippen LogP contribution >= 0.6 is 0 Å². The van der Waals surface area contributed by atoms with Crippen LogP contribution in [-0.4, -0.2) is 9.97 Å². The number of rotatable bonds is 5. The van der Waals surface area contributed by atoms with Crippen molar-refractivity contribution in [2.45, 2.75) is 19.3 Å². The standard InChI is InChI=1S/C48H33N3O/c1-48(2)41-27-31(30-49)21-25-45(41)52-46-26-22-34(28-42(46)48)35-17-9-12-20-39(35)43-29-44(51-47(50-43)33-15-7-4-8-16-33)40-24-23-36(32-13-5-3-6-14-32)37-18-10-11-19-38(37)40/h3-29H,1-2H3. The molecule has 9 rings (SSSR count). The third-order valence-corrected chi connectivity index (χ3v) is 10.2. The highest BCUT2D eigenvalue weighted by atomic mass is 16.5. The molecule has 0 radical (unpaired) electrons. The van der Waals surface area contributed by atoms with Crippen LogP contribution in [0.1, 0.15) is 30.5 Å². The van der Waals surface area contributed by atoms with Crippen molar-refractivity contribution in [3.05, 3.63) is 180 Å². The van der Waals surface area contributed by atoms with Crippen LogP contribution in [0.2, 0.25) is 0 Å². The molecule has 4 nitrogen and oxygen atoms in total. The van der Waals surface area contributed by atoms with E-state index in [4.69, 9.17) is 14.7 Å². The number of aromatic nitrogens is 2. The lowest BCUT2D eigenvalue weighted by molar-refractivity contribution is 0.418. The number of benzene rings is 7. The molecule has 0 saturated heterocycles. The molecule has 0 bridgehead atoms. The first-order valence-electron chi connectivity index (χ1n) is 17.5. The first-order valence-corrected chi connectivity index (χ1v) is 17.5. The second kappa shape index (κ2) is 12.5. The van der Waals surface area contributed by atoms with E-state index in [-0.39, 0.29) is 5.41 Å². The SMILES string of the molecule is CC1(C)c2cc(C#N)ccc2Oc2ccc(-c3ccccc3-c3cc(-c4ccc(-c5ccccc5)c5ccccc45)nc(-c4ccccc4)n3)cc21. The summed E-state index contributed by atoms with van der Waals surface area (Å²) in [5.74, 6) is 2.28. The van der Waals surface area contributed by atoms with Crippen molar-refractivity contribution in [2.75, 3.05) is 0 Å². The molecular weight excluding hydrogens is 635 g/mol. The minimum atomic E-state index is -0.379. The van der Waals surface area contributed by atoms with Crippen molar-refractivity contribution in [1.82, 2.24) is 9.97 Å². The average Bonchev–Trinajstić information content (AvgIpc) is 3.21. The van der Waals surface area contributed by atoms with Gasteiger partial charge < -0.3 is 4.74 Å². The van der Waals surface area contributed by atoms with E-state index in [1.807, 2.05) is 36.4 Å². The molecule has 7 aromatic carbocycles. The van der Waals surface area contributed by atoms with Crippen LogP contribution < -0.4 is 4.74 Å². The van der Waals surface area contributed by atoms with Crippen LogP contribution in [0.4, 0.5) is 0 Å². The third kappa shape index (κ3) is 5.32. The molecule has 0 amide bonds. The first-order chi connectivity index (χ1) is 25.5. The fourth-order valence-corrected chi connectivity index (χ4v) is 7.51. The van der Waals surface area contributed by atoms with Crippen LogP contribution in [0.3, 0.4) is 0 Å². The van der Waals surface area contributed by atoms with Crippen molar-refractivity contribution in [3.8, 4) is 73.7 Å². The molecule has 0 spiro atoms. The minimum Gasteiger partial charge on any atom is -0.457 e. The lowest BCUT2D eigenvalue weighted by atomic mass is 9.74. The van der Waals surface area contributed by atoms with Gasteiger partial charge in [-0.1, -0.05) is 141 Å². The second-order valence-electron chi connectivity index (χ2n) is 13.7. The largest absolute Gasteiger partial charge is 0.457 e. The Kier molecular flexibility index (Phi) is 7.49. The van der Waals surface area contributed by atoms with Crippen molar-refractivity contribution in [1.29, 1.82) is 5.26 Å². The van der Waals surface area contributed by atoms with E-state index in [1.165, 1.54) is 16.5 Å². The van der Waals surface area contributed by atoms with E-state index in [0.717, 1.165) is 67.2 Å². The predicted octanol–water partition coefficient (Wildman–Crippen LogP) is 12.3. The molecule has 0 atom stereocenters. The summed E-state index contributed by atoms with van der Waals surface area (Å²) in [6.45, 7) is 4.39. The molecule has 246 valence electrons. The number of nitriles is 1. The Labute approximate surface area is 303 Å². The van der Waals surface area contributed by atoms with E-state index in [1.54, 1.807) is 0 Å². The maximum absolute atomic E-state index is 9.63. The van der Waals surface area contributed by atoms with Gasteiger partial charge in [0.1, 0.15) is 11.5 Å². The fraction of sp³-hybridized carbons (Fsp3) is 0.0625. The summed E-state index contributed by atoms with van der Waals surface area (Å²) in [6.07, 6.45) is 0. The van der Waals surface area contributed by atoms with Gasteiger partial charge in [-0.2, -0.15) is 5.26 Å². The minimum absolute atomic E-state index is 0.379. The molecule has 0 N–H and O–H groups in total. The van der Waals surface area contributed by atoms with Crippen molar-refractivity contribution in [2.24, 2.45) is 0 Å². The van der Waals surface area contributed by atoms with Crippen molar-refractivity contribution in [3.63, 3.8) is 0 Å². The molecule has 52 heavy (non-hydrogen) atoms. The lowest BCUT2D eigenvalue weighted by Gasteiger charge is -2.35. The number of hydrogen-bond donors (Lipinski definition) is 0. The summed E-state index contributed by atoms with van der Waals surface area (Å²) in [4.78, 5) is 10.4. The Bertz CT molecular complexity index is 2690. The highest BCUT2D eigenvalue weighted by Gasteiger charge is 2.35. The van der Waals surface area contributed by atoms with Crippen LogP contribution in [-0.2, 0) is 5.41 Å². The topological polar surface area (TPSA) is 58.8 Å². The van der Waals surface area contributed by atoms with Crippen LogP contribution in [0, 0.1) is 11.3 Å². The number of nitrogens with zero attached hydrogens (tertiary/aromatic N) is 3. The molecule has 1 aliphatic heterocycles. The highest BCUT2D eigenvalue weighted by Crippen LogP contribution is 2.49. The molecule has 0 fully saturated rings. The Balaban J connectivity index is 1.22. The average molecular weight is 668 g/mol. The maximum atomic E-state index is 9.63. The molecule has 1 aliphatic rings. The Hall–Kier alpha value is -6.83. The van der Waals surface area contributed by atoms with Gasteiger partial charge in [-0.3, -0.25) is 0 Å². The third-order valence-electron chi connectivity index (χ3n) is 10.2. The molecule has 1 aromatic heterocycles. The van der Waals surface area contributed by atoms with E-state index in [2.05, 4.69) is 147 Å². The van der Waals surface area contributed by atoms with Crippen LogP contribution in [0.25, 0.3) is 66.9 Å². The zero-order valence-corrected chi connectivity index (χ0v) is 28.8. The van der Waals surface area contributed by atoms with Gasteiger partial charge in [-0.25, -0.2) is 9.97 Å².